The molecule has 0 saturated carbocycles. The van der Waals surface area contributed by atoms with Gasteiger partial charge in [-0.05, 0) is 42.7 Å². The molecule has 1 aromatic rings. The van der Waals surface area contributed by atoms with Crippen molar-refractivity contribution in [1.29, 1.82) is 0 Å². The van der Waals surface area contributed by atoms with Crippen LogP contribution in [0.25, 0.3) is 0 Å². The topological polar surface area (TPSA) is 63.3 Å². The summed E-state index contributed by atoms with van der Waals surface area (Å²) in [5, 5.41) is 9.01. The monoisotopic (exact) mass is 179 g/mol. The lowest BCUT2D eigenvalue weighted by molar-refractivity contribution is 0.1000. The molecule has 0 atom stereocenters. The second-order valence-corrected chi connectivity index (χ2v) is 3.11. The van der Waals surface area contributed by atoms with Gasteiger partial charge in [0.1, 0.15) is 0 Å². The molecule has 0 radical (unpaired) electrons. The van der Waals surface area contributed by atoms with Crippen molar-refractivity contribution in [1.82, 2.24) is 0 Å². The summed E-state index contributed by atoms with van der Waals surface area (Å²) in [6.07, 6.45) is 0. The SMILES string of the molecule is Cc1cc(C(N)=O)cc(C)c1CO. The molecule has 1 rings (SSSR count). The summed E-state index contributed by atoms with van der Waals surface area (Å²) in [5.41, 5.74) is 8.30. The van der Waals surface area contributed by atoms with Crippen molar-refractivity contribution >= 4 is 5.91 Å². The van der Waals surface area contributed by atoms with E-state index in [0.717, 1.165) is 16.7 Å². The van der Waals surface area contributed by atoms with Crippen molar-refractivity contribution in [2.75, 3.05) is 0 Å². The van der Waals surface area contributed by atoms with Gasteiger partial charge in [0.15, 0.2) is 0 Å². The molecule has 0 unspecified atom stereocenters. The van der Waals surface area contributed by atoms with Crippen LogP contribution >= 0.6 is 0 Å². The minimum absolute atomic E-state index is 0.00327. The van der Waals surface area contributed by atoms with E-state index in [9.17, 15) is 4.79 Å². The zero-order valence-electron chi connectivity index (χ0n) is 7.79. The Balaban J connectivity index is 3.28. The number of amides is 1. The zero-order valence-corrected chi connectivity index (χ0v) is 7.79. The number of primary amides is 1. The van der Waals surface area contributed by atoms with Crippen LogP contribution in [-0.2, 0) is 6.61 Å². The fourth-order valence-corrected chi connectivity index (χ4v) is 1.39. The summed E-state index contributed by atoms with van der Waals surface area (Å²) in [6, 6.07) is 3.39. The molecule has 3 N–H and O–H groups in total. The van der Waals surface area contributed by atoms with E-state index in [4.69, 9.17) is 10.8 Å². The van der Waals surface area contributed by atoms with E-state index in [2.05, 4.69) is 0 Å². The Labute approximate surface area is 77.2 Å². The number of nitrogens with two attached hydrogens (primary N) is 1. The highest BCUT2D eigenvalue weighted by atomic mass is 16.3. The lowest BCUT2D eigenvalue weighted by atomic mass is 10.00. The number of hydrogen-bond acceptors (Lipinski definition) is 2. The fourth-order valence-electron chi connectivity index (χ4n) is 1.39. The Morgan fingerprint density at radius 1 is 1.38 bits per heavy atom. The molecule has 0 saturated heterocycles. The lowest BCUT2D eigenvalue weighted by Gasteiger charge is -2.08. The number of aliphatic hydroxyl groups is 1. The minimum Gasteiger partial charge on any atom is -0.392 e. The van der Waals surface area contributed by atoms with Crippen LogP contribution < -0.4 is 5.73 Å². The van der Waals surface area contributed by atoms with Crippen molar-refractivity contribution in [3.63, 3.8) is 0 Å². The molecule has 1 aromatic carbocycles. The maximum absolute atomic E-state index is 10.9. The van der Waals surface area contributed by atoms with Crippen LogP contribution in [-0.4, -0.2) is 11.0 Å². The number of carbonyl (C=O) groups is 1. The van der Waals surface area contributed by atoms with Gasteiger partial charge < -0.3 is 10.8 Å². The Bertz CT molecular complexity index is 322. The molecular weight excluding hydrogens is 166 g/mol. The molecule has 1 amide bonds. The largest absolute Gasteiger partial charge is 0.392 e. The van der Waals surface area contributed by atoms with Crippen molar-refractivity contribution in [2.24, 2.45) is 5.73 Å². The molecule has 0 fully saturated rings. The summed E-state index contributed by atoms with van der Waals surface area (Å²) in [5.74, 6) is -0.435. The van der Waals surface area contributed by atoms with Gasteiger partial charge in [-0.25, -0.2) is 0 Å². The highest BCUT2D eigenvalue weighted by molar-refractivity contribution is 5.93. The molecule has 0 aromatic heterocycles. The Hall–Kier alpha value is -1.35. The first kappa shape index (κ1) is 9.74. The van der Waals surface area contributed by atoms with Gasteiger partial charge in [-0.15, -0.1) is 0 Å². The minimum atomic E-state index is -0.435. The van der Waals surface area contributed by atoms with E-state index in [0.29, 0.717) is 5.56 Å². The average Bonchev–Trinajstić information content (AvgIpc) is 2.03. The quantitative estimate of drug-likeness (QED) is 0.708. The summed E-state index contributed by atoms with van der Waals surface area (Å²) >= 11 is 0. The normalized spacial score (nSPS) is 10.1. The van der Waals surface area contributed by atoms with Crippen LogP contribution in [0.15, 0.2) is 12.1 Å². The first-order chi connectivity index (χ1) is 6.06. The molecule has 0 aliphatic rings. The van der Waals surface area contributed by atoms with Crippen molar-refractivity contribution < 1.29 is 9.90 Å². The molecular formula is C10H13NO2. The summed E-state index contributed by atoms with van der Waals surface area (Å²) in [4.78, 5) is 10.9. The van der Waals surface area contributed by atoms with Crippen LogP contribution in [0.5, 0.6) is 0 Å². The van der Waals surface area contributed by atoms with E-state index >= 15 is 0 Å². The molecule has 0 heterocycles. The fraction of sp³-hybridized carbons (Fsp3) is 0.300. The van der Waals surface area contributed by atoms with E-state index in [-0.39, 0.29) is 6.61 Å². The molecule has 3 nitrogen and oxygen atoms in total. The number of aryl methyl sites for hydroxylation is 2. The van der Waals surface area contributed by atoms with Gasteiger partial charge in [0.25, 0.3) is 0 Å². The Morgan fingerprint density at radius 3 is 2.15 bits per heavy atom. The first-order valence-corrected chi connectivity index (χ1v) is 4.07. The van der Waals surface area contributed by atoms with Crippen molar-refractivity contribution in [3.05, 3.63) is 34.4 Å². The number of carbonyl (C=O) groups excluding carboxylic acids is 1. The first-order valence-electron chi connectivity index (χ1n) is 4.07. The maximum atomic E-state index is 10.9. The van der Waals surface area contributed by atoms with Gasteiger partial charge in [0.05, 0.1) is 6.61 Å². The van der Waals surface area contributed by atoms with Crippen molar-refractivity contribution in [3.8, 4) is 0 Å². The van der Waals surface area contributed by atoms with E-state index in [1.54, 1.807) is 12.1 Å². The van der Waals surface area contributed by atoms with Crippen LogP contribution in [0, 0.1) is 13.8 Å². The summed E-state index contributed by atoms with van der Waals surface area (Å²) in [6.45, 7) is 3.70. The second kappa shape index (κ2) is 3.58. The maximum Gasteiger partial charge on any atom is 0.248 e. The smallest absolute Gasteiger partial charge is 0.248 e. The van der Waals surface area contributed by atoms with Gasteiger partial charge in [0.2, 0.25) is 5.91 Å². The number of benzene rings is 1. The predicted molar refractivity (Wildman–Crippen MR) is 50.4 cm³/mol. The Kier molecular flexibility index (Phi) is 2.68. The predicted octanol–water partition coefficient (Wildman–Crippen LogP) is 0.895. The van der Waals surface area contributed by atoms with Crippen LogP contribution in [0.1, 0.15) is 27.0 Å². The van der Waals surface area contributed by atoms with Gasteiger partial charge in [-0.1, -0.05) is 0 Å². The van der Waals surface area contributed by atoms with Gasteiger partial charge in [-0.3, -0.25) is 4.79 Å². The van der Waals surface area contributed by atoms with Gasteiger partial charge in [-0.2, -0.15) is 0 Å². The van der Waals surface area contributed by atoms with Crippen LogP contribution in [0.4, 0.5) is 0 Å². The summed E-state index contributed by atoms with van der Waals surface area (Å²) in [7, 11) is 0. The highest BCUT2D eigenvalue weighted by Gasteiger charge is 2.06. The molecule has 70 valence electrons. The molecule has 13 heavy (non-hydrogen) atoms. The number of aliphatic hydroxyl groups excluding tert-OH is 1. The summed E-state index contributed by atoms with van der Waals surface area (Å²) < 4.78 is 0. The third-order valence-electron chi connectivity index (χ3n) is 2.14. The highest BCUT2D eigenvalue weighted by Crippen LogP contribution is 2.16. The Morgan fingerprint density at radius 2 is 1.85 bits per heavy atom. The second-order valence-electron chi connectivity index (χ2n) is 3.11. The van der Waals surface area contributed by atoms with Gasteiger partial charge in [0, 0.05) is 5.56 Å². The standard InChI is InChI=1S/C10H13NO2/c1-6-3-8(10(11)13)4-7(2)9(6)5-12/h3-4,12H,5H2,1-2H3,(H2,11,13). The number of hydrogen-bond donors (Lipinski definition) is 2. The lowest BCUT2D eigenvalue weighted by Crippen LogP contribution is -2.12. The van der Waals surface area contributed by atoms with Gasteiger partial charge >= 0.3 is 0 Å². The molecule has 3 heteroatoms. The van der Waals surface area contributed by atoms with Crippen LogP contribution in [0.3, 0.4) is 0 Å². The van der Waals surface area contributed by atoms with E-state index in [1.807, 2.05) is 13.8 Å². The zero-order chi connectivity index (χ0) is 10.0. The van der Waals surface area contributed by atoms with Crippen molar-refractivity contribution in [2.45, 2.75) is 20.5 Å². The third-order valence-corrected chi connectivity index (χ3v) is 2.14. The average molecular weight is 179 g/mol. The molecule has 0 aliphatic carbocycles. The molecule has 0 spiro atoms. The molecule has 0 bridgehead atoms. The third kappa shape index (κ3) is 1.87. The van der Waals surface area contributed by atoms with Crippen LogP contribution in [0.2, 0.25) is 0 Å². The molecule has 0 aliphatic heterocycles. The van der Waals surface area contributed by atoms with E-state index < -0.39 is 5.91 Å². The van der Waals surface area contributed by atoms with E-state index in [1.165, 1.54) is 0 Å². The number of rotatable bonds is 2.